The van der Waals surface area contributed by atoms with Gasteiger partial charge in [-0.1, -0.05) is 43.9 Å². The highest BCUT2D eigenvalue weighted by Gasteiger charge is 2.11. The maximum absolute atomic E-state index is 3.69. The topological polar surface area (TPSA) is 12.0 Å². The summed E-state index contributed by atoms with van der Waals surface area (Å²) in [6, 6.07) is 1.17. The summed E-state index contributed by atoms with van der Waals surface area (Å²) in [6.45, 7) is 5.90. The fraction of sp³-hybridized carbons (Fsp3) is 0.538. The molecule has 0 fully saturated rings. The lowest BCUT2D eigenvalue weighted by molar-refractivity contribution is 0.433. The minimum Gasteiger partial charge on any atom is -0.307 e. The predicted molar refractivity (Wildman–Crippen MR) is 63.3 cm³/mol. The van der Waals surface area contributed by atoms with E-state index in [0.29, 0.717) is 12.1 Å². The van der Waals surface area contributed by atoms with E-state index >= 15 is 0 Å². The van der Waals surface area contributed by atoms with Gasteiger partial charge in [0.15, 0.2) is 0 Å². The summed E-state index contributed by atoms with van der Waals surface area (Å²) in [5, 5.41) is 3.65. The van der Waals surface area contributed by atoms with Crippen LogP contribution in [0.2, 0.25) is 0 Å². The molecule has 0 saturated carbocycles. The summed E-state index contributed by atoms with van der Waals surface area (Å²) in [6.07, 6.45) is 15.4. The molecule has 2 atom stereocenters. The highest BCUT2D eigenvalue weighted by Crippen LogP contribution is 2.12. The summed E-state index contributed by atoms with van der Waals surface area (Å²) >= 11 is 0. The van der Waals surface area contributed by atoms with Crippen LogP contribution in [-0.2, 0) is 0 Å². The number of hydrogen-bond donors (Lipinski definition) is 1. The van der Waals surface area contributed by atoms with E-state index in [2.05, 4.69) is 37.0 Å². The van der Waals surface area contributed by atoms with E-state index in [0.717, 1.165) is 6.42 Å². The molecule has 0 aliphatic heterocycles. The van der Waals surface area contributed by atoms with Gasteiger partial charge in [-0.15, -0.1) is 0 Å². The molecule has 0 spiro atoms. The van der Waals surface area contributed by atoms with Crippen LogP contribution in [-0.4, -0.2) is 12.1 Å². The third-order valence-electron chi connectivity index (χ3n) is 2.64. The average molecular weight is 191 g/mol. The van der Waals surface area contributed by atoms with Crippen LogP contribution in [0.5, 0.6) is 0 Å². The van der Waals surface area contributed by atoms with Crippen molar-refractivity contribution in [3.8, 4) is 0 Å². The number of rotatable bonds is 5. The zero-order valence-electron chi connectivity index (χ0n) is 9.08. The lowest BCUT2D eigenvalue weighted by Gasteiger charge is -2.23. The van der Waals surface area contributed by atoms with E-state index in [1.165, 1.54) is 19.3 Å². The first-order chi connectivity index (χ1) is 6.86. The summed E-state index contributed by atoms with van der Waals surface area (Å²) < 4.78 is 0. The highest BCUT2D eigenvalue weighted by molar-refractivity contribution is 5.04. The average Bonchev–Trinajstić information content (AvgIpc) is 2.25. The van der Waals surface area contributed by atoms with Gasteiger partial charge in [0.25, 0.3) is 0 Å². The molecule has 1 rings (SSSR count). The molecule has 1 nitrogen and oxygen atoms in total. The fourth-order valence-corrected chi connectivity index (χ4v) is 1.77. The lowest BCUT2D eigenvalue weighted by atomic mass is 10.0. The molecule has 0 saturated heterocycles. The van der Waals surface area contributed by atoms with Gasteiger partial charge in [-0.05, 0) is 25.7 Å². The number of hydrogen-bond acceptors (Lipinski definition) is 1. The van der Waals surface area contributed by atoms with Crippen molar-refractivity contribution in [2.45, 2.75) is 44.7 Å². The molecule has 1 aliphatic rings. The van der Waals surface area contributed by atoms with E-state index in [9.17, 15) is 0 Å². The van der Waals surface area contributed by atoms with Crippen LogP contribution in [0.25, 0.3) is 0 Å². The molecule has 0 amide bonds. The van der Waals surface area contributed by atoms with Gasteiger partial charge in [-0.3, -0.25) is 0 Å². The van der Waals surface area contributed by atoms with Crippen molar-refractivity contribution >= 4 is 0 Å². The molecular formula is C13H21N. The zero-order chi connectivity index (χ0) is 10.2. The van der Waals surface area contributed by atoms with E-state index < -0.39 is 0 Å². The van der Waals surface area contributed by atoms with Crippen LogP contribution >= 0.6 is 0 Å². The number of allylic oxidation sites excluding steroid dienone is 3. The van der Waals surface area contributed by atoms with Gasteiger partial charge in [0.2, 0.25) is 0 Å². The van der Waals surface area contributed by atoms with Gasteiger partial charge in [0, 0.05) is 12.1 Å². The summed E-state index contributed by atoms with van der Waals surface area (Å²) in [5.41, 5.74) is 0. The molecule has 1 aliphatic carbocycles. The van der Waals surface area contributed by atoms with Gasteiger partial charge < -0.3 is 5.32 Å². The van der Waals surface area contributed by atoms with Crippen LogP contribution in [0, 0.1) is 0 Å². The smallest absolute Gasteiger partial charge is 0.0253 e. The summed E-state index contributed by atoms with van der Waals surface area (Å²) in [7, 11) is 0. The van der Waals surface area contributed by atoms with Crippen molar-refractivity contribution in [2.75, 3.05) is 0 Å². The van der Waals surface area contributed by atoms with Gasteiger partial charge in [-0.2, -0.15) is 0 Å². The molecule has 2 unspecified atom stereocenters. The Labute approximate surface area is 87.6 Å². The molecule has 0 radical (unpaired) electrons. The van der Waals surface area contributed by atoms with Crippen molar-refractivity contribution in [1.82, 2.24) is 5.32 Å². The molecule has 0 heterocycles. The molecule has 78 valence electrons. The van der Waals surface area contributed by atoms with E-state index in [-0.39, 0.29) is 0 Å². The quantitative estimate of drug-likeness (QED) is 0.520. The molecule has 0 aromatic carbocycles. The zero-order valence-corrected chi connectivity index (χ0v) is 9.08. The lowest BCUT2D eigenvalue weighted by Crippen LogP contribution is -2.37. The summed E-state index contributed by atoms with van der Waals surface area (Å²) in [4.78, 5) is 0. The van der Waals surface area contributed by atoms with Crippen molar-refractivity contribution in [3.05, 3.63) is 37.0 Å². The molecule has 0 bridgehead atoms. The first-order valence-electron chi connectivity index (χ1n) is 5.57. The SMILES string of the molecule is C=C/C=C\C(CC)NC1CC=CCC1. The van der Waals surface area contributed by atoms with Crippen LogP contribution in [0.15, 0.2) is 37.0 Å². The highest BCUT2D eigenvalue weighted by atomic mass is 14.9. The molecular weight excluding hydrogens is 170 g/mol. The minimum atomic E-state index is 0.504. The third kappa shape index (κ3) is 3.93. The van der Waals surface area contributed by atoms with Crippen molar-refractivity contribution in [3.63, 3.8) is 0 Å². The molecule has 0 aromatic heterocycles. The standard InChI is InChI=1S/C13H21N/c1-3-5-9-12(4-2)14-13-10-7-6-8-11-13/h3,5-7,9,12-14H,1,4,8,10-11H2,2H3/b9-5-. The van der Waals surface area contributed by atoms with E-state index in [1.54, 1.807) is 0 Å². The largest absolute Gasteiger partial charge is 0.307 e. The first-order valence-corrected chi connectivity index (χ1v) is 5.57. The van der Waals surface area contributed by atoms with Crippen LogP contribution in [0.3, 0.4) is 0 Å². The monoisotopic (exact) mass is 191 g/mol. The van der Waals surface area contributed by atoms with E-state index in [4.69, 9.17) is 0 Å². The Hall–Kier alpha value is -0.820. The summed E-state index contributed by atoms with van der Waals surface area (Å²) in [5.74, 6) is 0. The van der Waals surface area contributed by atoms with Gasteiger partial charge in [-0.25, -0.2) is 0 Å². The van der Waals surface area contributed by atoms with E-state index in [1.807, 2.05) is 12.2 Å². The third-order valence-corrected chi connectivity index (χ3v) is 2.64. The van der Waals surface area contributed by atoms with Crippen molar-refractivity contribution in [1.29, 1.82) is 0 Å². The van der Waals surface area contributed by atoms with Crippen molar-refractivity contribution < 1.29 is 0 Å². The predicted octanol–water partition coefficient (Wildman–Crippen LogP) is 3.21. The molecule has 1 N–H and O–H groups in total. The second-order valence-corrected chi connectivity index (χ2v) is 3.78. The second kappa shape index (κ2) is 6.61. The van der Waals surface area contributed by atoms with Crippen LogP contribution in [0.4, 0.5) is 0 Å². The maximum Gasteiger partial charge on any atom is 0.0253 e. The molecule has 14 heavy (non-hydrogen) atoms. The Morgan fingerprint density at radius 2 is 2.43 bits per heavy atom. The molecule has 1 heteroatoms. The normalized spacial score (nSPS) is 23.9. The maximum atomic E-state index is 3.69. The van der Waals surface area contributed by atoms with Crippen LogP contribution < -0.4 is 5.32 Å². The Morgan fingerprint density at radius 1 is 1.57 bits per heavy atom. The Bertz CT molecular complexity index is 215. The Kier molecular flexibility index (Phi) is 5.31. The minimum absolute atomic E-state index is 0.504. The van der Waals surface area contributed by atoms with Gasteiger partial charge in [0.05, 0.1) is 0 Å². The van der Waals surface area contributed by atoms with Crippen LogP contribution in [0.1, 0.15) is 32.6 Å². The van der Waals surface area contributed by atoms with Crippen molar-refractivity contribution in [2.24, 2.45) is 0 Å². The molecule has 0 aromatic rings. The number of nitrogens with one attached hydrogen (secondary N) is 1. The first kappa shape index (κ1) is 11.3. The van der Waals surface area contributed by atoms with Gasteiger partial charge >= 0.3 is 0 Å². The Morgan fingerprint density at radius 3 is 3.00 bits per heavy atom. The fourth-order valence-electron chi connectivity index (χ4n) is 1.77. The second-order valence-electron chi connectivity index (χ2n) is 3.78. The Balaban J connectivity index is 2.35. The van der Waals surface area contributed by atoms with Gasteiger partial charge in [0.1, 0.15) is 0 Å².